The summed E-state index contributed by atoms with van der Waals surface area (Å²) in [7, 11) is 0. The molecule has 0 spiro atoms. The van der Waals surface area contributed by atoms with Gasteiger partial charge in [0.1, 0.15) is 0 Å². The van der Waals surface area contributed by atoms with E-state index in [0.29, 0.717) is 5.54 Å². The van der Waals surface area contributed by atoms with Crippen molar-refractivity contribution in [1.29, 1.82) is 0 Å². The van der Waals surface area contributed by atoms with Crippen LogP contribution in [0.5, 0.6) is 0 Å². The molecule has 1 aliphatic carbocycles. The Balaban J connectivity index is 1.72. The molecule has 0 amide bonds. The molecule has 94 valence electrons. The van der Waals surface area contributed by atoms with Crippen molar-refractivity contribution in [3.63, 3.8) is 0 Å². The zero-order valence-corrected chi connectivity index (χ0v) is 11.0. The Bertz CT molecular complexity index is 209. The van der Waals surface area contributed by atoms with Gasteiger partial charge in [-0.3, -0.25) is 0 Å². The maximum absolute atomic E-state index is 3.80. The Labute approximate surface area is 101 Å². The number of hydrogen-bond acceptors (Lipinski definition) is 2. The van der Waals surface area contributed by atoms with Crippen molar-refractivity contribution in [2.45, 2.75) is 70.4 Å². The molecule has 3 atom stereocenters. The summed E-state index contributed by atoms with van der Waals surface area (Å²) in [5, 5.41) is 7.44. The van der Waals surface area contributed by atoms with E-state index in [1.165, 1.54) is 51.5 Å². The summed E-state index contributed by atoms with van der Waals surface area (Å²) in [5.74, 6) is 0.951. The number of hydrogen-bond donors (Lipinski definition) is 2. The zero-order valence-electron chi connectivity index (χ0n) is 11.0. The third-order valence-electron chi connectivity index (χ3n) is 4.50. The molecular formula is C14H28N2. The highest BCUT2D eigenvalue weighted by Gasteiger charge is 2.28. The first-order valence-electron chi connectivity index (χ1n) is 7.16. The molecule has 3 unspecified atom stereocenters. The van der Waals surface area contributed by atoms with Crippen molar-refractivity contribution in [1.82, 2.24) is 10.6 Å². The van der Waals surface area contributed by atoms with E-state index in [1.54, 1.807) is 0 Å². The molecule has 2 nitrogen and oxygen atoms in total. The standard InChI is InChI=1S/C14H28N2/c1-12-5-3-6-13(8-7-12)15-11-14(2)9-4-10-16-14/h12-13,15-16H,3-11H2,1-2H3. The molecule has 2 fully saturated rings. The van der Waals surface area contributed by atoms with Crippen molar-refractivity contribution in [2.24, 2.45) is 5.92 Å². The summed E-state index contributed by atoms with van der Waals surface area (Å²) in [6.45, 7) is 7.14. The molecule has 1 saturated heterocycles. The smallest absolute Gasteiger partial charge is 0.0278 e. The zero-order chi connectivity index (χ0) is 11.4. The fourth-order valence-electron chi connectivity index (χ4n) is 3.17. The fraction of sp³-hybridized carbons (Fsp3) is 1.00. The summed E-state index contributed by atoms with van der Waals surface area (Å²) in [4.78, 5) is 0. The van der Waals surface area contributed by atoms with Crippen molar-refractivity contribution in [2.75, 3.05) is 13.1 Å². The van der Waals surface area contributed by atoms with Crippen molar-refractivity contribution in [3.05, 3.63) is 0 Å². The Morgan fingerprint density at radius 2 is 2.06 bits per heavy atom. The second-order valence-electron chi connectivity index (χ2n) is 6.28. The lowest BCUT2D eigenvalue weighted by Gasteiger charge is -2.28. The lowest BCUT2D eigenvalue weighted by molar-refractivity contribution is 0.343. The first kappa shape index (κ1) is 12.4. The normalized spacial score (nSPS) is 40.9. The van der Waals surface area contributed by atoms with Crippen molar-refractivity contribution in [3.8, 4) is 0 Å². The van der Waals surface area contributed by atoms with Gasteiger partial charge < -0.3 is 10.6 Å². The molecule has 2 aliphatic rings. The SMILES string of the molecule is CC1CCCC(NCC2(C)CCCN2)CC1. The van der Waals surface area contributed by atoms with Crippen LogP contribution >= 0.6 is 0 Å². The van der Waals surface area contributed by atoms with Gasteiger partial charge in [-0.05, 0) is 51.5 Å². The van der Waals surface area contributed by atoms with Crippen LogP contribution in [0.25, 0.3) is 0 Å². The highest BCUT2D eigenvalue weighted by Crippen LogP contribution is 2.23. The van der Waals surface area contributed by atoms with E-state index in [-0.39, 0.29) is 0 Å². The molecule has 0 aromatic rings. The van der Waals surface area contributed by atoms with E-state index in [4.69, 9.17) is 0 Å². The van der Waals surface area contributed by atoms with Crippen LogP contribution in [0.3, 0.4) is 0 Å². The van der Waals surface area contributed by atoms with Crippen LogP contribution < -0.4 is 10.6 Å². The van der Waals surface area contributed by atoms with Crippen LogP contribution in [0.1, 0.15) is 58.8 Å². The Hall–Kier alpha value is -0.0800. The highest BCUT2D eigenvalue weighted by molar-refractivity contribution is 4.91. The van der Waals surface area contributed by atoms with Crippen LogP contribution in [0.2, 0.25) is 0 Å². The highest BCUT2D eigenvalue weighted by atomic mass is 15.1. The Morgan fingerprint density at radius 3 is 2.81 bits per heavy atom. The predicted molar refractivity (Wildman–Crippen MR) is 69.7 cm³/mol. The van der Waals surface area contributed by atoms with Gasteiger partial charge in [-0.1, -0.05) is 19.8 Å². The second kappa shape index (κ2) is 5.50. The van der Waals surface area contributed by atoms with Crippen LogP contribution in [-0.2, 0) is 0 Å². The first-order valence-corrected chi connectivity index (χ1v) is 7.16. The Kier molecular flexibility index (Phi) is 4.26. The fourth-order valence-corrected chi connectivity index (χ4v) is 3.17. The maximum Gasteiger partial charge on any atom is 0.0278 e. The van der Waals surface area contributed by atoms with E-state index in [0.717, 1.165) is 18.5 Å². The number of nitrogens with one attached hydrogen (secondary N) is 2. The van der Waals surface area contributed by atoms with Crippen LogP contribution in [0.15, 0.2) is 0 Å². The molecule has 1 aliphatic heterocycles. The van der Waals surface area contributed by atoms with E-state index in [1.807, 2.05) is 0 Å². The minimum absolute atomic E-state index is 0.373. The van der Waals surface area contributed by atoms with Gasteiger partial charge in [0, 0.05) is 18.1 Å². The van der Waals surface area contributed by atoms with Gasteiger partial charge >= 0.3 is 0 Å². The molecular weight excluding hydrogens is 196 g/mol. The lowest BCUT2D eigenvalue weighted by Crippen LogP contribution is -2.48. The maximum atomic E-state index is 3.80. The minimum Gasteiger partial charge on any atom is -0.312 e. The van der Waals surface area contributed by atoms with Crippen molar-refractivity contribution < 1.29 is 0 Å². The molecule has 2 rings (SSSR count). The molecule has 2 N–H and O–H groups in total. The predicted octanol–water partition coefficient (Wildman–Crippen LogP) is 2.69. The average molecular weight is 224 g/mol. The largest absolute Gasteiger partial charge is 0.312 e. The van der Waals surface area contributed by atoms with Gasteiger partial charge in [-0.2, -0.15) is 0 Å². The Morgan fingerprint density at radius 1 is 1.19 bits per heavy atom. The monoisotopic (exact) mass is 224 g/mol. The van der Waals surface area contributed by atoms with Gasteiger partial charge in [0.2, 0.25) is 0 Å². The van der Waals surface area contributed by atoms with Gasteiger partial charge in [0.25, 0.3) is 0 Å². The molecule has 0 aromatic heterocycles. The third-order valence-corrected chi connectivity index (χ3v) is 4.50. The molecule has 1 heterocycles. The van der Waals surface area contributed by atoms with Crippen LogP contribution in [0.4, 0.5) is 0 Å². The van der Waals surface area contributed by atoms with Crippen molar-refractivity contribution >= 4 is 0 Å². The summed E-state index contributed by atoms with van der Waals surface area (Å²) in [6, 6.07) is 0.782. The molecule has 2 heteroatoms. The summed E-state index contributed by atoms with van der Waals surface area (Å²) in [6.07, 6.45) is 9.74. The first-order chi connectivity index (χ1) is 7.68. The van der Waals surface area contributed by atoms with E-state index >= 15 is 0 Å². The van der Waals surface area contributed by atoms with Gasteiger partial charge in [0.15, 0.2) is 0 Å². The molecule has 1 saturated carbocycles. The molecule has 0 aromatic carbocycles. The summed E-state index contributed by atoms with van der Waals surface area (Å²) < 4.78 is 0. The topological polar surface area (TPSA) is 24.1 Å². The van der Waals surface area contributed by atoms with Gasteiger partial charge in [0.05, 0.1) is 0 Å². The van der Waals surface area contributed by atoms with E-state index in [9.17, 15) is 0 Å². The molecule has 16 heavy (non-hydrogen) atoms. The third kappa shape index (κ3) is 3.46. The van der Waals surface area contributed by atoms with E-state index in [2.05, 4.69) is 24.5 Å². The van der Waals surface area contributed by atoms with E-state index < -0.39 is 0 Å². The molecule has 0 radical (unpaired) electrons. The minimum atomic E-state index is 0.373. The van der Waals surface area contributed by atoms with Gasteiger partial charge in [-0.15, -0.1) is 0 Å². The summed E-state index contributed by atoms with van der Waals surface area (Å²) in [5.41, 5.74) is 0.373. The average Bonchev–Trinajstić information content (AvgIpc) is 2.58. The quantitative estimate of drug-likeness (QED) is 0.720. The number of rotatable bonds is 3. The second-order valence-corrected chi connectivity index (χ2v) is 6.28. The van der Waals surface area contributed by atoms with Gasteiger partial charge in [-0.25, -0.2) is 0 Å². The van der Waals surface area contributed by atoms with Crippen LogP contribution in [0, 0.1) is 5.92 Å². The summed E-state index contributed by atoms with van der Waals surface area (Å²) >= 11 is 0. The van der Waals surface area contributed by atoms with Crippen LogP contribution in [-0.4, -0.2) is 24.7 Å². The lowest BCUT2D eigenvalue weighted by atomic mass is 9.99. The molecule has 0 bridgehead atoms.